The summed E-state index contributed by atoms with van der Waals surface area (Å²) in [5.74, 6) is 0.315. The molecule has 0 spiro atoms. The number of aliphatic hydroxyl groups is 1. The van der Waals surface area contributed by atoms with E-state index in [1.54, 1.807) is 30.3 Å². The van der Waals surface area contributed by atoms with E-state index in [2.05, 4.69) is 10.2 Å². The lowest BCUT2D eigenvalue weighted by Crippen LogP contribution is -2.39. The molecule has 0 radical (unpaired) electrons. The number of anilines is 1. The smallest absolute Gasteiger partial charge is 0.329 e. The molecule has 3 aliphatic rings. The average Bonchev–Trinajstić information content (AvgIpc) is 3.41. The molecule has 7 nitrogen and oxygen atoms in total. The normalized spacial score (nSPS) is 25.8. The van der Waals surface area contributed by atoms with Crippen LogP contribution in [0.1, 0.15) is 23.7 Å². The van der Waals surface area contributed by atoms with E-state index in [9.17, 15) is 14.7 Å². The molecule has 31 heavy (non-hydrogen) atoms. The Kier molecular flexibility index (Phi) is 5.30. The van der Waals surface area contributed by atoms with Crippen molar-refractivity contribution in [3.63, 3.8) is 0 Å². The number of nitrogens with one attached hydrogen (secondary N) is 1. The third kappa shape index (κ3) is 3.76. The monoisotopic (exact) mass is 461 g/mol. The van der Waals surface area contributed by atoms with E-state index < -0.39 is 6.03 Å². The molecule has 2 N–H and O–H groups in total. The van der Waals surface area contributed by atoms with Crippen LogP contribution in [0.25, 0.3) is 0 Å². The molecule has 0 bridgehead atoms. The molecule has 2 heterocycles. The number of aliphatic hydroxyl groups excluding tert-OH is 1. The minimum absolute atomic E-state index is 0.000821. The third-order valence-corrected chi connectivity index (χ3v) is 6.68. The van der Waals surface area contributed by atoms with Crippen molar-refractivity contribution >= 4 is 40.8 Å². The Morgan fingerprint density at radius 2 is 1.90 bits per heavy atom. The van der Waals surface area contributed by atoms with Crippen LogP contribution in [0, 0.1) is 0 Å². The van der Waals surface area contributed by atoms with Gasteiger partial charge in [0.05, 0.1) is 24.4 Å². The number of amides is 3. The number of imide groups is 1. The Hall–Kier alpha value is -2.32. The number of urea groups is 1. The minimum Gasteiger partial charge on any atom is -0.484 e. The fourth-order valence-corrected chi connectivity index (χ4v) is 5.24. The number of carbonyl (C=O) groups excluding carboxylic acids is 2. The summed E-state index contributed by atoms with van der Waals surface area (Å²) >= 11 is 12.8. The zero-order valence-electron chi connectivity index (χ0n) is 16.6. The van der Waals surface area contributed by atoms with Crippen LogP contribution < -0.4 is 15.0 Å². The van der Waals surface area contributed by atoms with Gasteiger partial charge in [0.1, 0.15) is 11.9 Å². The predicted molar refractivity (Wildman–Crippen MR) is 117 cm³/mol. The molecule has 2 fully saturated rings. The first-order valence-corrected chi connectivity index (χ1v) is 10.9. The van der Waals surface area contributed by atoms with Crippen molar-refractivity contribution in [1.82, 2.24) is 10.2 Å². The van der Waals surface area contributed by atoms with Crippen LogP contribution in [0.3, 0.4) is 0 Å². The maximum atomic E-state index is 11.9. The third-order valence-electron chi connectivity index (χ3n) is 6.13. The Bertz CT molecular complexity index is 1030. The second-order valence-corrected chi connectivity index (χ2v) is 8.93. The van der Waals surface area contributed by atoms with E-state index in [-0.39, 0.29) is 30.7 Å². The summed E-state index contributed by atoms with van der Waals surface area (Å²) in [6.45, 7) is 1.38. The van der Waals surface area contributed by atoms with Gasteiger partial charge >= 0.3 is 6.03 Å². The van der Waals surface area contributed by atoms with Gasteiger partial charge < -0.3 is 15.2 Å². The quantitative estimate of drug-likeness (QED) is 0.683. The summed E-state index contributed by atoms with van der Waals surface area (Å²) in [7, 11) is 0. The van der Waals surface area contributed by atoms with E-state index in [1.165, 1.54) is 0 Å². The number of ether oxygens (including phenoxy) is 1. The second kappa shape index (κ2) is 7.98. The zero-order valence-corrected chi connectivity index (χ0v) is 18.1. The molecule has 0 unspecified atom stereocenters. The van der Waals surface area contributed by atoms with Gasteiger partial charge in [-0.25, -0.2) is 9.69 Å². The van der Waals surface area contributed by atoms with Crippen molar-refractivity contribution in [3.8, 4) is 5.75 Å². The Morgan fingerprint density at radius 1 is 1.13 bits per heavy atom. The van der Waals surface area contributed by atoms with Gasteiger partial charge in [-0.15, -0.1) is 0 Å². The molecule has 9 heteroatoms. The van der Waals surface area contributed by atoms with Crippen LogP contribution in [0.4, 0.5) is 10.5 Å². The van der Waals surface area contributed by atoms with E-state index in [0.717, 1.165) is 29.0 Å². The summed E-state index contributed by atoms with van der Waals surface area (Å²) in [5.41, 5.74) is 2.45. The van der Waals surface area contributed by atoms with Crippen molar-refractivity contribution in [1.29, 1.82) is 0 Å². The highest BCUT2D eigenvalue weighted by molar-refractivity contribution is 6.35. The van der Waals surface area contributed by atoms with Gasteiger partial charge in [0.15, 0.2) is 0 Å². The Labute approximate surface area is 189 Å². The van der Waals surface area contributed by atoms with Crippen molar-refractivity contribution in [2.75, 3.05) is 24.5 Å². The van der Waals surface area contributed by atoms with Crippen molar-refractivity contribution in [2.45, 2.75) is 31.1 Å². The minimum atomic E-state index is -0.430. The first kappa shape index (κ1) is 20.6. The van der Waals surface area contributed by atoms with Crippen LogP contribution in [0.2, 0.25) is 10.0 Å². The molecule has 3 atom stereocenters. The maximum absolute atomic E-state index is 11.9. The summed E-state index contributed by atoms with van der Waals surface area (Å²) in [6, 6.07) is 10.1. The van der Waals surface area contributed by atoms with Crippen LogP contribution in [0.15, 0.2) is 36.4 Å². The number of benzene rings is 2. The van der Waals surface area contributed by atoms with Crippen LogP contribution in [0.5, 0.6) is 5.75 Å². The summed E-state index contributed by atoms with van der Waals surface area (Å²) in [6.07, 6.45) is 0.795. The highest BCUT2D eigenvalue weighted by Crippen LogP contribution is 2.43. The number of fused-ring (bicyclic) bond motifs is 1. The van der Waals surface area contributed by atoms with E-state index in [1.807, 2.05) is 6.07 Å². The van der Waals surface area contributed by atoms with E-state index in [4.69, 9.17) is 27.9 Å². The van der Waals surface area contributed by atoms with E-state index >= 15 is 0 Å². The number of hydrogen-bond donors (Lipinski definition) is 2. The van der Waals surface area contributed by atoms with E-state index in [0.29, 0.717) is 34.4 Å². The largest absolute Gasteiger partial charge is 0.484 e. The molecule has 2 saturated heterocycles. The second-order valence-electron chi connectivity index (χ2n) is 8.08. The average molecular weight is 462 g/mol. The molecule has 1 aliphatic carbocycles. The van der Waals surface area contributed by atoms with Gasteiger partial charge in [0.2, 0.25) is 0 Å². The molecule has 2 aromatic rings. The fourth-order valence-electron chi connectivity index (χ4n) is 4.65. The fraction of sp³-hybridized carbons (Fsp3) is 0.364. The first-order chi connectivity index (χ1) is 14.9. The number of carbonyl (C=O) groups is 2. The molecule has 162 valence electrons. The highest BCUT2D eigenvalue weighted by Gasteiger charge is 2.41. The predicted octanol–water partition coefficient (Wildman–Crippen LogP) is 3.16. The lowest BCUT2D eigenvalue weighted by atomic mass is 10.1. The number of rotatable bonds is 4. The number of likely N-dealkylation sites (tertiary alicyclic amines) is 1. The van der Waals surface area contributed by atoms with Gasteiger partial charge in [0, 0.05) is 28.7 Å². The van der Waals surface area contributed by atoms with Crippen molar-refractivity contribution in [2.24, 2.45) is 0 Å². The zero-order chi connectivity index (χ0) is 21.7. The molecule has 3 amide bonds. The van der Waals surface area contributed by atoms with Gasteiger partial charge in [-0.2, -0.15) is 0 Å². The SMILES string of the molecule is O=C1CNC(=O)N1c1ccc(O[C@H]2c3cc(Cl)cc(Cl)c3C[C@H]2N2CC[C@@H](O)C2)cc1. The lowest BCUT2D eigenvalue weighted by molar-refractivity contribution is -0.115. The van der Waals surface area contributed by atoms with Crippen molar-refractivity contribution in [3.05, 3.63) is 57.6 Å². The first-order valence-electron chi connectivity index (χ1n) is 10.2. The highest BCUT2D eigenvalue weighted by atomic mass is 35.5. The molecule has 0 aromatic heterocycles. The molecular formula is C22H21Cl2N3O4. The summed E-state index contributed by atoms with van der Waals surface area (Å²) in [5, 5.41) is 13.7. The molecule has 2 aromatic carbocycles. The number of nitrogens with zero attached hydrogens (tertiary/aromatic N) is 2. The molecular weight excluding hydrogens is 441 g/mol. The van der Waals surface area contributed by atoms with Crippen LogP contribution in [-0.2, 0) is 11.2 Å². The number of hydrogen-bond acceptors (Lipinski definition) is 5. The Morgan fingerprint density at radius 3 is 2.55 bits per heavy atom. The van der Waals surface area contributed by atoms with Crippen LogP contribution in [-0.4, -0.2) is 53.7 Å². The number of halogens is 2. The molecule has 0 saturated carbocycles. The van der Waals surface area contributed by atoms with Gasteiger partial charge in [-0.05, 0) is 54.8 Å². The van der Waals surface area contributed by atoms with Crippen molar-refractivity contribution < 1.29 is 19.4 Å². The standard InChI is InChI=1S/C22H21Cl2N3O4/c23-12-7-17-16(18(24)8-12)9-19(26-6-5-14(28)11-26)21(17)31-15-3-1-13(2-4-15)27-20(29)10-25-22(27)30/h1-4,7-8,14,19,21,28H,5-6,9-11H2,(H,25,30)/t14-,19-,21+/m1/s1. The lowest BCUT2D eigenvalue weighted by Gasteiger charge is -2.30. The maximum Gasteiger partial charge on any atom is 0.329 e. The Balaban J connectivity index is 1.43. The summed E-state index contributed by atoms with van der Waals surface area (Å²) in [4.78, 5) is 27.2. The number of β-amino-alcohol motifs (C(OH)–C–C–N with tert-alkyl or cyclic N) is 1. The van der Waals surface area contributed by atoms with Gasteiger partial charge in [0.25, 0.3) is 5.91 Å². The van der Waals surface area contributed by atoms with Gasteiger partial charge in [-0.3, -0.25) is 9.69 Å². The molecule has 5 rings (SSSR count). The van der Waals surface area contributed by atoms with Crippen LogP contribution >= 0.6 is 23.2 Å². The van der Waals surface area contributed by atoms with Gasteiger partial charge in [-0.1, -0.05) is 23.2 Å². The summed E-state index contributed by atoms with van der Waals surface area (Å²) < 4.78 is 6.40. The molecule has 2 aliphatic heterocycles. The topological polar surface area (TPSA) is 82.1 Å².